The zero-order valence-corrected chi connectivity index (χ0v) is 12.1. The van der Waals surface area contributed by atoms with E-state index in [-0.39, 0.29) is 5.82 Å². The number of rotatable bonds is 1. The van der Waals surface area contributed by atoms with Crippen LogP contribution in [-0.4, -0.2) is 4.98 Å². The Bertz CT molecular complexity index is 724. The van der Waals surface area contributed by atoms with Crippen molar-refractivity contribution in [3.8, 4) is 10.4 Å². The van der Waals surface area contributed by atoms with Crippen LogP contribution in [0.15, 0.2) is 41.0 Å². The Kier molecular flexibility index (Phi) is 3.09. The van der Waals surface area contributed by atoms with Crippen LogP contribution in [0.1, 0.15) is 0 Å². The van der Waals surface area contributed by atoms with Crippen molar-refractivity contribution < 1.29 is 4.39 Å². The highest BCUT2D eigenvalue weighted by Gasteiger charge is 2.14. The molecule has 0 aliphatic rings. The maximum Gasteiger partial charge on any atom is 0.138 e. The van der Waals surface area contributed by atoms with E-state index in [2.05, 4.69) is 20.9 Å². The van der Waals surface area contributed by atoms with E-state index in [1.165, 1.54) is 12.1 Å². The summed E-state index contributed by atoms with van der Waals surface area (Å²) in [6.07, 6.45) is 1.68. The first-order valence-electron chi connectivity index (χ1n) is 5.15. The minimum absolute atomic E-state index is 0.240. The van der Waals surface area contributed by atoms with Gasteiger partial charge in [0.05, 0.1) is 0 Å². The largest absolute Gasteiger partial charge is 0.244 e. The topological polar surface area (TPSA) is 12.9 Å². The minimum Gasteiger partial charge on any atom is -0.244 e. The molecular weight excluding hydrogens is 337 g/mol. The van der Waals surface area contributed by atoms with Gasteiger partial charge in [-0.3, -0.25) is 0 Å². The van der Waals surface area contributed by atoms with E-state index in [1.807, 2.05) is 6.07 Å². The summed E-state index contributed by atoms with van der Waals surface area (Å²) in [6.45, 7) is 0. The second kappa shape index (κ2) is 4.61. The molecule has 2 aromatic heterocycles. The molecule has 90 valence electrons. The second-order valence-electron chi connectivity index (χ2n) is 3.73. The lowest BCUT2D eigenvalue weighted by atomic mass is 10.2. The molecule has 0 saturated heterocycles. The molecule has 0 aliphatic heterocycles. The molecule has 0 atom stereocenters. The highest BCUT2D eigenvalue weighted by atomic mass is 79.9. The normalized spacial score (nSPS) is 11.1. The summed E-state index contributed by atoms with van der Waals surface area (Å²) in [5, 5.41) is 1.38. The van der Waals surface area contributed by atoms with Crippen molar-refractivity contribution in [1.82, 2.24) is 4.98 Å². The molecule has 3 rings (SSSR count). The first-order chi connectivity index (χ1) is 8.66. The van der Waals surface area contributed by atoms with Crippen molar-refractivity contribution in [2.75, 3.05) is 0 Å². The number of hydrogen-bond acceptors (Lipinski definition) is 2. The van der Waals surface area contributed by atoms with Crippen LogP contribution >= 0.6 is 38.9 Å². The van der Waals surface area contributed by atoms with Gasteiger partial charge >= 0.3 is 0 Å². The highest BCUT2D eigenvalue weighted by Crippen LogP contribution is 2.44. The zero-order valence-electron chi connectivity index (χ0n) is 8.95. The number of halogens is 3. The van der Waals surface area contributed by atoms with E-state index < -0.39 is 0 Å². The average molecular weight is 343 g/mol. The molecule has 0 N–H and O–H groups in total. The van der Waals surface area contributed by atoms with Gasteiger partial charge in [-0.2, -0.15) is 0 Å². The monoisotopic (exact) mass is 341 g/mol. The number of nitrogens with zero attached hydrogens (tertiary/aromatic N) is 1. The lowest BCUT2D eigenvalue weighted by Gasteiger charge is -1.98. The third-order valence-corrected chi connectivity index (χ3v) is 5.15. The molecule has 0 aliphatic carbocycles. The van der Waals surface area contributed by atoms with Gasteiger partial charge in [0, 0.05) is 25.6 Å². The summed E-state index contributed by atoms with van der Waals surface area (Å²) in [7, 11) is 0. The lowest BCUT2D eigenvalue weighted by Crippen LogP contribution is -1.77. The first-order valence-corrected chi connectivity index (χ1v) is 7.14. The standard InChI is InChI=1S/C13H6BrClFNS/c14-11-10-9(5-6-17-13(10)15)18-12(11)7-1-3-8(16)4-2-7/h1-6H. The van der Waals surface area contributed by atoms with Crippen LogP contribution in [0.5, 0.6) is 0 Å². The molecule has 0 spiro atoms. The van der Waals surface area contributed by atoms with Crippen LogP contribution in [0.3, 0.4) is 0 Å². The Morgan fingerprint density at radius 1 is 1.17 bits per heavy atom. The summed E-state index contributed by atoms with van der Waals surface area (Å²) in [6, 6.07) is 8.33. The van der Waals surface area contributed by atoms with E-state index in [4.69, 9.17) is 11.6 Å². The number of fused-ring (bicyclic) bond motifs is 1. The molecule has 0 fully saturated rings. The maximum atomic E-state index is 12.9. The molecule has 1 aromatic carbocycles. The van der Waals surface area contributed by atoms with Gasteiger partial charge in [-0.1, -0.05) is 23.7 Å². The van der Waals surface area contributed by atoms with Crippen molar-refractivity contribution >= 4 is 49.0 Å². The van der Waals surface area contributed by atoms with Crippen molar-refractivity contribution in [2.24, 2.45) is 0 Å². The van der Waals surface area contributed by atoms with Crippen LogP contribution in [0.2, 0.25) is 5.15 Å². The molecular formula is C13H6BrClFNS. The molecule has 0 amide bonds. The van der Waals surface area contributed by atoms with E-state index >= 15 is 0 Å². The van der Waals surface area contributed by atoms with E-state index in [0.29, 0.717) is 5.15 Å². The summed E-state index contributed by atoms with van der Waals surface area (Å²) < 4.78 is 14.9. The highest BCUT2D eigenvalue weighted by molar-refractivity contribution is 9.10. The predicted octanol–water partition coefficient (Wildman–Crippen LogP) is 5.52. The molecule has 0 bridgehead atoms. The fourth-order valence-corrected chi connectivity index (χ4v) is 4.28. The van der Waals surface area contributed by atoms with Gasteiger partial charge in [0.1, 0.15) is 11.0 Å². The number of benzene rings is 1. The van der Waals surface area contributed by atoms with E-state index in [1.54, 1.807) is 29.7 Å². The molecule has 2 heterocycles. The maximum absolute atomic E-state index is 12.9. The van der Waals surface area contributed by atoms with Crippen LogP contribution < -0.4 is 0 Å². The lowest BCUT2D eigenvalue weighted by molar-refractivity contribution is 0.628. The average Bonchev–Trinajstić information content (AvgIpc) is 2.69. The molecule has 0 saturated carbocycles. The third-order valence-electron chi connectivity index (χ3n) is 2.60. The molecule has 0 unspecified atom stereocenters. The van der Waals surface area contributed by atoms with Crippen LogP contribution in [-0.2, 0) is 0 Å². The first kappa shape index (κ1) is 12.1. The number of aromatic nitrogens is 1. The smallest absolute Gasteiger partial charge is 0.138 e. The van der Waals surface area contributed by atoms with E-state index in [0.717, 1.165) is 25.0 Å². The minimum atomic E-state index is -0.240. The van der Waals surface area contributed by atoms with Gasteiger partial charge in [-0.15, -0.1) is 11.3 Å². The Labute approximate surface area is 120 Å². The number of pyridine rings is 1. The van der Waals surface area contributed by atoms with Crippen molar-refractivity contribution in [3.05, 3.63) is 52.0 Å². The van der Waals surface area contributed by atoms with Gasteiger partial charge in [0.15, 0.2) is 0 Å². The Morgan fingerprint density at radius 2 is 1.89 bits per heavy atom. The Morgan fingerprint density at radius 3 is 2.56 bits per heavy atom. The van der Waals surface area contributed by atoms with E-state index in [9.17, 15) is 4.39 Å². The van der Waals surface area contributed by atoms with Crippen LogP contribution in [0.4, 0.5) is 4.39 Å². The Hall–Kier alpha value is -0.970. The zero-order chi connectivity index (χ0) is 12.7. The molecule has 5 heteroatoms. The van der Waals surface area contributed by atoms with Crippen LogP contribution in [0, 0.1) is 5.82 Å². The van der Waals surface area contributed by atoms with Gasteiger partial charge in [-0.05, 0) is 39.7 Å². The molecule has 3 aromatic rings. The molecule has 1 nitrogen and oxygen atoms in total. The Balaban J connectivity index is 2.27. The summed E-state index contributed by atoms with van der Waals surface area (Å²) in [4.78, 5) is 5.10. The fraction of sp³-hybridized carbons (Fsp3) is 0. The summed E-state index contributed by atoms with van der Waals surface area (Å²) in [5.41, 5.74) is 0.959. The van der Waals surface area contributed by atoms with Gasteiger partial charge in [0.25, 0.3) is 0 Å². The second-order valence-corrected chi connectivity index (χ2v) is 5.93. The molecule has 0 radical (unpaired) electrons. The summed E-state index contributed by atoms with van der Waals surface area (Å²) >= 11 is 11.2. The number of thiophene rings is 1. The summed E-state index contributed by atoms with van der Waals surface area (Å²) in [5.74, 6) is -0.240. The van der Waals surface area contributed by atoms with Gasteiger partial charge in [-0.25, -0.2) is 9.37 Å². The molecule has 18 heavy (non-hydrogen) atoms. The third kappa shape index (κ3) is 1.94. The van der Waals surface area contributed by atoms with Gasteiger partial charge in [0.2, 0.25) is 0 Å². The predicted molar refractivity (Wildman–Crippen MR) is 77.7 cm³/mol. The van der Waals surface area contributed by atoms with Crippen LogP contribution in [0.25, 0.3) is 20.5 Å². The van der Waals surface area contributed by atoms with Crippen molar-refractivity contribution in [2.45, 2.75) is 0 Å². The van der Waals surface area contributed by atoms with Crippen molar-refractivity contribution in [1.29, 1.82) is 0 Å². The number of hydrogen-bond donors (Lipinski definition) is 0. The SMILES string of the molecule is Fc1ccc(-c2sc3ccnc(Cl)c3c2Br)cc1. The van der Waals surface area contributed by atoms with Crippen molar-refractivity contribution in [3.63, 3.8) is 0 Å². The quantitative estimate of drug-likeness (QED) is 0.531. The van der Waals surface area contributed by atoms with Gasteiger partial charge < -0.3 is 0 Å². The fourth-order valence-electron chi connectivity index (χ4n) is 1.76.